The van der Waals surface area contributed by atoms with Crippen LogP contribution in [0.15, 0.2) is 36.7 Å². The third-order valence-corrected chi connectivity index (χ3v) is 7.42. The third kappa shape index (κ3) is 5.26. The maximum Gasteiger partial charge on any atom is 0.229 e. The molecule has 1 aromatic carbocycles. The summed E-state index contributed by atoms with van der Waals surface area (Å²) in [5.41, 5.74) is 3.87. The van der Waals surface area contributed by atoms with Crippen LogP contribution in [0, 0.1) is 18.6 Å². The van der Waals surface area contributed by atoms with Crippen molar-refractivity contribution in [1.29, 1.82) is 0 Å². The maximum absolute atomic E-state index is 15.0. The number of anilines is 2. The van der Waals surface area contributed by atoms with Crippen molar-refractivity contribution in [3.05, 3.63) is 65.1 Å². The lowest BCUT2D eigenvalue weighted by Crippen LogP contribution is -2.51. The van der Waals surface area contributed by atoms with Gasteiger partial charge in [-0.05, 0) is 55.6 Å². The van der Waals surface area contributed by atoms with Gasteiger partial charge in [-0.15, -0.1) is 0 Å². The zero-order valence-corrected chi connectivity index (χ0v) is 22.6. The fourth-order valence-corrected chi connectivity index (χ4v) is 5.56. The maximum atomic E-state index is 15.0. The molecule has 0 radical (unpaired) electrons. The van der Waals surface area contributed by atoms with E-state index in [4.69, 9.17) is 0 Å². The first kappa shape index (κ1) is 26.2. The summed E-state index contributed by atoms with van der Waals surface area (Å²) in [6, 6.07) is 7.55. The van der Waals surface area contributed by atoms with Crippen LogP contribution < -0.4 is 5.32 Å². The molecule has 0 aliphatic carbocycles. The molecule has 9 heteroatoms. The van der Waals surface area contributed by atoms with E-state index in [0.29, 0.717) is 22.9 Å². The Morgan fingerprint density at radius 1 is 1.11 bits per heavy atom. The molecule has 5 rings (SSSR count). The number of halogens is 2. The van der Waals surface area contributed by atoms with Gasteiger partial charge in [0.1, 0.15) is 17.3 Å². The average Bonchev–Trinajstić information content (AvgIpc) is 3.23. The Bertz CT molecular complexity index is 1430. The number of aryl methyl sites for hydroxylation is 1. The van der Waals surface area contributed by atoms with Gasteiger partial charge in [0, 0.05) is 55.1 Å². The number of pyridine rings is 1. The minimum atomic E-state index is -0.617. The third-order valence-electron chi connectivity index (χ3n) is 7.42. The van der Waals surface area contributed by atoms with E-state index in [1.807, 2.05) is 25.3 Å². The molecule has 1 unspecified atom stereocenters. The molecule has 1 saturated heterocycles. The van der Waals surface area contributed by atoms with Crippen LogP contribution in [-0.2, 0) is 6.54 Å². The van der Waals surface area contributed by atoms with E-state index in [1.165, 1.54) is 6.07 Å². The molecule has 0 spiro atoms. The number of hydrogen-bond acceptors (Lipinski definition) is 6. The molecule has 38 heavy (non-hydrogen) atoms. The summed E-state index contributed by atoms with van der Waals surface area (Å²) in [7, 11) is 0. The van der Waals surface area contributed by atoms with Crippen molar-refractivity contribution in [2.45, 2.75) is 53.1 Å². The lowest BCUT2D eigenvalue weighted by molar-refractivity contribution is 0.0834. The predicted molar refractivity (Wildman–Crippen MR) is 148 cm³/mol. The summed E-state index contributed by atoms with van der Waals surface area (Å²) in [4.78, 5) is 21.0. The van der Waals surface area contributed by atoms with Crippen molar-refractivity contribution in [2.24, 2.45) is 0 Å². The Morgan fingerprint density at radius 2 is 1.92 bits per heavy atom. The van der Waals surface area contributed by atoms with Gasteiger partial charge in [-0.1, -0.05) is 26.8 Å². The standard InChI is InChI=1S/C29H35F2N7/c1-6-38-10-9-37(15-18(38)4)16-20-7-8-25(32-13-20)35-29-33-14-24(31)27(36-29)21-11-22-26(17(2)3)19(5)34-28(22)23(30)12-21/h7-8,11-14,17-18,34H,6,9-10,15-16H2,1-5H3,(H,32,33,35,36). The topological polar surface area (TPSA) is 73.0 Å². The van der Waals surface area contributed by atoms with Crippen molar-refractivity contribution in [3.8, 4) is 11.3 Å². The van der Waals surface area contributed by atoms with Crippen LogP contribution in [0.2, 0.25) is 0 Å². The molecule has 0 bridgehead atoms. The number of fused-ring (bicyclic) bond motifs is 1. The van der Waals surface area contributed by atoms with Crippen molar-refractivity contribution in [3.63, 3.8) is 0 Å². The molecule has 2 N–H and O–H groups in total. The Morgan fingerprint density at radius 3 is 2.61 bits per heavy atom. The van der Waals surface area contributed by atoms with Gasteiger partial charge in [0.15, 0.2) is 5.82 Å². The van der Waals surface area contributed by atoms with E-state index in [9.17, 15) is 4.39 Å². The van der Waals surface area contributed by atoms with Gasteiger partial charge in [-0.25, -0.2) is 23.7 Å². The molecule has 200 valence electrons. The molecular formula is C29H35F2N7. The van der Waals surface area contributed by atoms with E-state index in [-0.39, 0.29) is 17.6 Å². The Labute approximate surface area is 222 Å². The zero-order chi connectivity index (χ0) is 27.0. The predicted octanol–water partition coefficient (Wildman–Crippen LogP) is 6.00. The fourth-order valence-electron chi connectivity index (χ4n) is 5.56. The SMILES string of the molecule is CCN1CCN(Cc2ccc(Nc3ncc(F)c(-c4cc(F)c5[nH]c(C)c(C(C)C)c5c4)n3)nc2)CC1C. The molecule has 1 aliphatic rings. The van der Waals surface area contributed by atoms with E-state index < -0.39 is 11.6 Å². The van der Waals surface area contributed by atoms with E-state index >= 15 is 4.39 Å². The lowest BCUT2D eigenvalue weighted by Gasteiger charge is -2.39. The Hall–Kier alpha value is -3.43. The lowest BCUT2D eigenvalue weighted by atomic mass is 9.98. The van der Waals surface area contributed by atoms with Crippen LogP contribution >= 0.6 is 0 Å². The summed E-state index contributed by atoms with van der Waals surface area (Å²) in [5, 5.41) is 3.80. The monoisotopic (exact) mass is 519 g/mol. The summed E-state index contributed by atoms with van der Waals surface area (Å²) in [6.45, 7) is 15.6. The van der Waals surface area contributed by atoms with Gasteiger partial charge in [-0.2, -0.15) is 0 Å². The number of likely N-dealkylation sites (N-methyl/N-ethyl adjacent to an activating group) is 1. The van der Waals surface area contributed by atoms with Gasteiger partial charge in [0.25, 0.3) is 0 Å². The average molecular weight is 520 g/mol. The van der Waals surface area contributed by atoms with Crippen LogP contribution in [0.25, 0.3) is 22.2 Å². The van der Waals surface area contributed by atoms with Crippen molar-refractivity contribution in [2.75, 3.05) is 31.5 Å². The number of aromatic nitrogens is 4. The number of piperazine rings is 1. The van der Waals surface area contributed by atoms with Crippen LogP contribution in [0.1, 0.15) is 50.4 Å². The van der Waals surface area contributed by atoms with E-state index in [2.05, 4.69) is 62.7 Å². The summed E-state index contributed by atoms with van der Waals surface area (Å²) < 4.78 is 29.8. The molecule has 4 aromatic rings. The second kappa shape index (κ2) is 10.7. The number of H-pyrrole nitrogens is 1. The Kier molecular flexibility index (Phi) is 7.40. The van der Waals surface area contributed by atoms with Crippen molar-refractivity contribution < 1.29 is 8.78 Å². The number of nitrogens with zero attached hydrogens (tertiary/aromatic N) is 5. The molecule has 0 amide bonds. The fraction of sp³-hybridized carbons (Fsp3) is 0.414. The van der Waals surface area contributed by atoms with E-state index in [1.54, 1.807) is 6.07 Å². The normalized spacial score (nSPS) is 17.0. The van der Waals surface area contributed by atoms with E-state index in [0.717, 1.165) is 61.1 Å². The highest BCUT2D eigenvalue weighted by molar-refractivity contribution is 5.89. The molecule has 1 aliphatic heterocycles. The number of nitrogens with one attached hydrogen (secondary N) is 2. The van der Waals surface area contributed by atoms with Crippen LogP contribution in [0.4, 0.5) is 20.5 Å². The quantitative estimate of drug-likeness (QED) is 0.312. The number of aromatic amines is 1. The highest BCUT2D eigenvalue weighted by Gasteiger charge is 2.22. The van der Waals surface area contributed by atoms with Gasteiger partial charge >= 0.3 is 0 Å². The number of rotatable bonds is 7. The smallest absolute Gasteiger partial charge is 0.229 e. The number of benzene rings is 1. The molecular weight excluding hydrogens is 484 g/mol. The highest BCUT2D eigenvalue weighted by Crippen LogP contribution is 2.34. The van der Waals surface area contributed by atoms with Crippen LogP contribution in [0.3, 0.4) is 0 Å². The second-order valence-corrected chi connectivity index (χ2v) is 10.5. The van der Waals surface area contributed by atoms with Crippen LogP contribution in [0.5, 0.6) is 0 Å². The first-order valence-corrected chi connectivity index (χ1v) is 13.3. The minimum Gasteiger partial charge on any atom is -0.356 e. The van der Waals surface area contributed by atoms with Crippen molar-refractivity contribution in [1.82, 2.24) is 29.7 Å². The molecule has 1 atom stereocenters. The van der Waals surface area contributed by atoms with Crippen LogP contribution in [-0.4, -0.2) is 62.0 Å². The largest absolute Gasteiger partial charge is 0.356 e. The summed E-state index contributed by atoms with van der Waals surface area (Å²) >= 11 is 0. The summed E-state index contributed by atoms with van der Waals surface area (Å²) in [6.07, 6.45) is 2.94. The molecule has 0 saturated carbocycles. The summed E-state index contributed by atoms with van der Waals surface area (Å²) in [5.74, 6) is -0.123. The second-order valence-electron chi connectivity index (χ2n) is 10.5. The van der Waals surface area contributed by atoms with Gasteiger partial charge in [-0.3, -0.25) is 9.80 Å². The molecule has 3 aromatic heterocycles. The Balaban J connectivity index is 1.34. The van der Waals surface area contributed by atoms with Gasteiger partial charge < -0.3 is 10.3 Å². The highest BCUT2D eigenvalue weighted by atomic mass is 19.1. The molecule has 7 nitrogen and oxygen atoms in total. The van der Waals surface area contributed by atoms with Gasteiger partial charge in [0.05, 0.1) is 11.7 Å². The van der Waals surface area contributed by atoms with Gasteiger partial charge in [0.2, 0.25) is 5.95 Å². The number of hydrogen-bond donors (Lipinski definition) is 2. The minimum absolute atomic E-state index is 0.0359. The molecule has 1 fully saturated rings. The first-order valence-electron chi connectivity index (χ1n) is 13.3. The molecule has 4 heterocycles. The zero-order valence-electron chi connectivity index (χ0n) is 22.6. The first-order chi connectivity index (χ1) is 18.2. The van der Waals surface area contributed by atoms with Crippen molar-refractivity contribution >= 4 is 22.7 Å².